The highest BCUT2D eigenvalue weighted by atomic mass is 35.5. The molecule has 0 aliphatic heterocycles. The Bertz CT molecular complexity index is 913. The fraction of sp³-hybridized carbons (Fsp3) is 0.474. The van der Waals surface area contributed by atoms with Gasteiger partial charge in [0.2, 0.25) is 17.2 Å². The number of nitrogens with one attached hydrogen (secondary N) is 2. The van der Waals surface area contributed by atoms with Gasteiger partial charge in [-0.1, -0.05) is 45.4 Å². The van der Waals surface area contributed by atoms with Crippen molar-refractivity contribution >= 4 is 40.2 Å². The highest BCUT2D eigenvalue weighted by molar-refractivity contribution is 6.30. The van der Waals surface area contributed by atoms with Crippen LogP contribution in [0.5, 0.6) is 0 Å². The van der Waals surface area contributed by atoms with Crippen LogP contribution in [0, 0.1) is 5.92 Å². The molecule has 1 aliphatic rings. The maximum Gasteiger partial charge on any atom is 0.248 e. The molecule has 1 saturated carbocycles. The summed E-state index contributed by atoms with van der Waals surface area (Å²) in [5, 5.41) is 14.0. The third kappa shape index (κ3) is 5.96. The Morgan fingerprint density at radius 2 is 1.69 bits per heavy atom. The lowest BCUT2D eigenvalue weighted by Gasteiger charge is -2.35. The van der Waals surface area contributed by atoms with Gasteiger partial charge in [0.15, 0.2) is 11.6 Å². The maximum atomic E-state index is 13.0. The number of halogens is 3. The first-order valence-corrected chi connectivity index (χ1v) is 10.0. The van der Waals surface area contributed by atoms with Crippen LogP contribution in [-0.4, -0.2) is 32.7 Å². The molecule has 0 amide bonds. The second-order valence-electron chi connectivity index (χ2n) is 5.98. The van der Waals surface area contributed by atoms with Crippen molar-refractivity contribution in [3.05, 3.63) is 29.3 Å². The van der Waals surface area contributed by atoms with Crippen molar-refractivity contribution in [1.82, 2.24) is 20.3 Å². The number of hydrogen-bond donors (Lipinski definition) is 2. The van der Waals surface area contributed by atoms with Crippen molar-refractivity contribution < 1.29 is 13.4 Å². The monoisotopic (exact) mass is 426 g/mol. The van der Waals surface area contributed by atoms with Crippen molar-refractivity contribution in [2.24, 2.45) is 5.92 Å². The van der Waals surface area contributed by atoms with Crippen LogP contribution < -0.4 is 10.6 Å². The number of alkyl halides is 2. The number of aromatic nitrogens is 4. The van der Waals surface area contributed by atoms with E-state index in [0.29, 0.717) is 28.9 Å². The molecule has 29 heavy (non-hydrogen) atoms. The molecule has 10 heteroatoms. The molecule has 3 aromatic rings. The van der Waals surface area contributed by atoms with Gasteiger partial charge >= 0.3 is 0 Å². The quantitative estimate of drug-likeness (QED) is 0.523. The third-order valence-corrected chi connectivity index (χ3v) is 4.17. The van der Waals surface area contributed by atoms with E-state index < -0.39 is 5.92 Å². The van der Waals surface area contributed by atoms with Gasteiger partial charge in [-0.3, -0.25) is 0 Å². The second-order valence-corrected chi connectivity index (χ2v) is 6.42. The van der Waals surface area contributed by atoms with Gasteiger partial charge in [-0.05, 0) is 34.4 Å². The molecule has 0 atom stereocenters. The average molecular weight is 427 g/mol. The summed E-state index contributed by atoms with van der Waals surface area (Å²) in [4.78, 5) is 8.61. The van der Waals surface area contributed by atoms with Crippen molar-refractivity contribution in [1.29, 1.82) is 0 Å². The largest absolute Gasteiger partial charge is 0.367 e. The van der Waals surface area contributed by atoms with Crippen molar-refractivity contribution in [3.63, 3.8) is 0 Å². The maximum absolute atomic E-state index is 13.0. The molecule has 4 rings (SSSR count). The van der Waals surface area contributed by atoms with E-state index in [2.05, 4.69) is 35.5 Å². The van der Waals surface area contributed by atoms with Crippen LogP contribution >= 0.6 is 11.6 Å². The molecule has 2 N–H and O–H groups in total. The van der Waals surface area contributed by atoms with E-state index in [0.717, 1.165) is 0 Å². The third-order valence-electron chi connectivity index (χ3n) is 3.93. The Labute approximate surface area is 173 Å². The molecule has 1 fully saturated rings. The van der Waals surface area contributed by atoms with Crippen molar-refractivity contribution in [2.45, 2.75) is 46.5 Å². The molecule has 0 bridgehead atoms. The first kappa shape index (κ1) is 22.7. The van der Waals surface area contributed by atoms with Crippen LogP contribution in [-0.2, 0) is 0 Å². The van der Waals surface area contributed by atoms with Crippen LogP contribution in [0.2, 0.25) is 5.02 Å². The van der Waals surface area contributed by atoms with Gasteiger partial charge in [0.1, 0.15) is 0 Å². The van der Waals surface area contributed by atoms with E-state index in [1.54, 1.807) is 18.2 Å². The Kier molecular flexibility index (Phi) is 8.07. The molecule has 0 spiro atoms. The number of fused-ring (bicyclic) bond motifs is 1. The van der Waals surface area contributed by atoms with E-state index >= 15 is 0 Å². The highest BCUT2D eigenvalue weighted by Gasteiger charge is 2.44. The Morgan fingerprint density at radius 3 is 2.28 bits per heavy atom. The predicted octanol–water partition coefficient (Wildman–Crippen LogP) is 5.92. The summed E-state index contributed by atoms with van der Waals surface area (Å²) in [5.41, 5.74) is 1.18. The summed E-state index contributed by atoms with van der Waals surface area (Å²) >= 11 is 5.98. The Morgan fingerprint density at radius 1 is 1.07 bits per heavy atom. The molecule has 0 unspecified atom stereocenters. The molecule has 0 saturated heterocycles. The normalized spacial score (nSPS) is 14.7. The van der Waals surface area contributed by atoms with Gasteiger partial charge < -0.3 is 10.6 Å². The summed E-state index contributed by atoms with van der Waals surface area (Å²) in [6.07, 6.45) is -0.253. The first-order valence-electron chi connectivity index (χ1n) is 9.63. The number of benzene rings is 1. The molecule has 2 heterocycles. The average Bonchev–Trinajstić information content (AvgIpc) is 3.15. The van der Waals surface area contributed by atoms with E-state index in [-0.39, 0.29) is 30.1 Å². The zero-order valence-electron chi connectivity index (χ0n) is 16.8. The summed E-state index contributed by atoms with van der Waals surface area (Å²) in [6, 6.07) is 7.08. The molecule has 0 radical (unpaired) electrons. The van der Waals surface area contributed by atoms with Gasteiger partial charge in [-0.15, -0.1) is 0 Å². The van der Waals surface area contributed by atoms with E-state index in [4.69, 9.17) is 11.6 Å². The number of nitrogens with zero attached hydrogens (tertiary/aromatic N) is 4. The van der Waals surface area contributed by atoms with Gasteiger partial charge in [0.25, 0.3) is 0 Å². The minimum Gasteiger partial charge on any atom is -0.367 e. The molecular formula is C19H25ClF2N6O. The fourth-order valence-corrected chi connectivity index (χ4v) is 2.91. The van der Waals surface area contributed by atoms with Gasteiger partial charge in [0.05, 0.1) is 0 Å². The lowest BCUT2D eigenvalue weighted by Crippen LogP contribution is -2.39. The van der Waals surface area contributed by atoms with Crippen molar-refractivity contribution in [2.75, 3.05) is 17.2 Å². The van der Waals surface area contributed by atoms with Gasteiger partial charge in [0, 0.05) is 30.1 Å². The predicted molar refractivity (Wildman–Crippen MR) is 111 cm³/mol. The van der Waals surface area contributed by atoms with Crippen LogP contribution in [0.15, 0.2) is 28.9 Å². The molecule has 2 aromatic heterocycles. The lowest BCUT2D eigenvalue weighted by atomic mass is 9.81. The second kappa shape index (κ2) is 10.3. The minimum atomic E-state index is -2.56. The molecule has 7 nitrogen and oxygen atoms in total. The van der Waals surface area contributed by atoms with Gasteiger partial charge in [-0.25, -0.2) is 23.4 Å². The topological polar surface area (TPSA) is 88.8 Å². The molecule has 1 aliphatic carbocycles. The summed E-state index contributed by atoms with van der Waals surface area (Å²) in [5.74, 6) is -1.89. The van der Waals surface area contributed by atoms with E-state index in [1.807, 2.05) is 33.8 Å². The molecule has 1 aromatic carbocycles. The Balaban J connectivity index is 0.000000707. The standard InChI is InChI=1S/C15H13ClF2N6O.2C2H6/c16-9-2-1-3-10(4-9)20-12-11(19-7-8-5-15(17,18)6-8)21-13-14(22-12)24-25-23-13;2*1-2/h1-4,8H,5-7H2,(H,19,21,23)(H,20,22,24);2*1-2H3. The lowest BCUT2D eigenvalue weighted by molar-refractivity contribution is -0.106. The Hall–Kier alpha value is -2.55. The van der Waals surface area contributed by atoms with Crippen LogP contribution in [0.4, 0.5) is 26.1 Å². The zero-order valence-corrected chi connectivity index (χ0v) is 17.6. The number of hydrogen-bond acceptors (Lipinski definition) is 7. The number of rotatable bonds is 5. The van der Waals surface area contributed by atoms with E-state index in [9.17, 15) is 8.78 Å². The first-order chi connectivity index (χ1) is 14.0. The van der Waals surface area contributed by atoms with Crippen molar-refractivity contribution in [3.8, 4) is 0 Å². The highest BCUT2D eigenvalue weighted by Crippen LogP contribution is 2.42. The smallest absolute Gasteiger partial charge is 0.248 e. The minimum absolute atomic E-state index is 0.109. The SMILES string of the molecule is CC.CC.FC1(F)CC(CNc2nc3nonc3nc2Nc2cccc(Cl)c2)C1. The molecule has 158 valence electrons. The van der Waals surface area contributed by atoms with Crippen LogP contribution in [0.1, 0.15) is 40.5 Å². The molecular weight excluding hydrogens is 402 g/mol. The number of anilines is 3. The summed E-state index contributed by atoms with van der Waals surface area (Å²) < 4.78 is 30.6. The van der Waals surface area contributed by atoms with Crippen LogP contribution in [0.3, 0.4) is 0 Å². The van der Waals surface area contributed by atoms with Gasteiger partial charge in [-0.2, -0.15) is 0 Å². The summed E-state index contributed by atoms with van der Waals surface area (Å²) in [6.45, 7) is 8.37. The van der Waals surface area contributed by atoms with E-state index in [1.165, 1.54) is 0 Å². The zero-order chi connectivity index (χ0) is 21.4. The summed E-state index contributed by atoms with van der Waals surface area (Å²) in [7, 11) is 0. The van der Waals surface area contributed by atoms with Crippen LogP contribution in [0.25, 0.3) is 11.3 Å². The fourth-order valence-electron chi connectivity index (χ4n) is 2.72.